The number of nitrogens with one attached hydrogen (secondary N) is 2. The SMILES string of the molecule is Cc1cc(-c2cnc3c(NCC(C)(C)O)cc(-c4cc(C(F)(F)F)nn4C)nn23)ccc1C(=O)NC1CC1. The molecule has 0 aliphatic heterocycles. The highest BCUT2D eigenvalue weighted by molar-refractivity contribution is 5.96. The molecule has 3 N–H and O–H groups in total. The van der Waals surface area contributed by atoms with Crippen molar-refractivity contribution in [2.75, 3.05) is 11.9 Å². The normalized spacial score (nSPS) is 14.2. The van der Waals surface area contributed by atoms with Crippen LogP contribution in [0.4, 0.5) is 18.9 Å². The van der Waals surface area contributed by atoms with Gasteiger partial charge in [-0.05, 0) is 63.4 Å². The summed E-state index contributed by atoms with van der Waals surface area (Å²) in [7, 11) is 1.42. The molecule has 4 aromatic rings. The van der Waals surface area contributed by atoms with Gasteiger partial charge in [0, 0.05) is 30.8 Å². The Labute approximate surface area is 216 Å². The van der Waals surface area contributed by atoms with Crippen LogP contribution >= 0.6 is 0 Å². The number of aromatic nitrogens is 5. The number of carbonyl (C=O) groups excluding carboxylic acids is 1. The lowest BCUT2D eigenvalue weighted by molar-refractivity contribution is -0.141. The van der Waals surface area contributed by atoms with Crippen LogP contribution in [0.2, 0.25) is 0 Å². The third kappa shape index (κ3) is 5.21. The van der Waals surface area contributed by atoms with Crippen molar-refractivity contribution < 1.29 is 23.1 Å². The first-order valence-electron chi connectivity index (χ1n) is 12.2. The minimum atomic E-state index is -4.60. The lowest BCUT2D eigenvalue weighted by Gasteiger charge is -2.19. The molecule has 200 valence electrons. The van der Waals surface area contributed by atoms with Gasteiger partial charge in [0.05, 0.1) is 28.9 Å². The molecule has 0 bridgehead atoms. The maximum absolute atomic E-state index is 13.3. The van der Waals surface area contributed by atoms with Gasteiger partial charge in [-0.2, -0.15) is 23.4 Å². The highest BCUT2D eigenvalue weighted by atomic mass is 19.4. The van der Waals surface area contributed by atoms with Gasteiger partial charge < -0.3 is 15.7 Å². The summed E-state index contributed by atoms with van der Waals surface area (Å²) in [5.41, 5.74) is 1.89. The molecule has 1 amide bonds. The Morgan fingerprint density at radius 1 is 1.13 bits per heavy atom. The minimum Gasteiger partial charge on any atom is -0.389 e. The number of amides is 1. The van der Waals surface area contributed by atoms with Crippen molar-refractivity contribution in [2.24, 2.45) is 7.05 Å². The van der Waals surface area contributed by atoms with Crippen LogP contribution in [0.1, 0.15) is 48.3 Å². The molecule has 0 atom stereocenters. The monoisotopic (exact) mass is 527 g/mol. The van der Waals surface area contributed by atoms with Gasteiger partial charge in [-0.15, -0.1) is 0 Å². The number of aryl methyl sites for hydroxylation is 2. The molecule has 3 aromatic heterocycles. The number of fused-ring (bicyclic) bond motifs is 1. The van der Waals surface area contributed by atoms with Gasteiger partial charge in [-0.3, -0.25) is 9.48 Å². The van der Waals surface area contributed by atoms with Gasteiger partial charge >= 0.3 is 6.18 Å². The van der Waals surface area contributed by atoms with E-state index < -0.39 is 17.5 Å². The van der Waals surface area contributed by atoms with Crippen molar-refractivity contribution in [3.05, 3.63) is 53.3 Å². The van der Waals surface area contributed by atoms with Crippen LogP contribution in [-0.2, 0) is 13.2 Å². The summed E-state index contributed by atoms with van der Waals surface area (Å²) in [6.07, 6.45) is -1.01. The molecule has 0 unspecified atom stereocenters. The number of hydrogen-bond donors (Lipinski definition) is 3. The molecule has 1 saturated carbocycles. The molecule has 1 aromatic carbocycles. The average Bonchev–Trinajstić information content (AvgIpc) is 3.37. The topological polar surface area (TPSA) is 109 Å². The van der Waals surface area contributed by atoms with Crippen LogP contribution in [0.25, 0.3) is 28.3 Å². The van der Waals surface area contributed by atoms with E-state index in [1.54, 1.807) is 42.8 Å². The van der Waals surface area contributed by atoms with Crippen LogP contribution in [0.3, 0.4) is 0 Å². The van der Waals surface area contributed by atoms with Crippen molar-refractivity contribution in [3.8, 4) is 22.6 Å². The minimum absolute atomic E-state index is 0.120. The van der Waals surface area contributed by atoms with Crippen molar-refractivity contribution in [1.29, 1.82) is 0 Å². The zero-order valence-corrected chi connectivity index (χ0v) is 21.4. The molecule has 0 radical (unpaired) electrons. The summed E-state index contributed by atoms with van der Waals surface area (Å²) in [5.74, 6) is -0.120. The lowest BCUT2D eigenvalue weighted by atomic mass is 10.0. The second kappa shape index (κ2) is 9.12. The molecular formula is C26H28F3N7O2. The van der Waals surface area contributed by atoms with E-state index in [1.807, 2.05) is 13.0 Å². The van der Waals surface area contributed by atoms with Crippen LogP contribution in [0.5, 0.6) is 0 Å². The Morgan fingerprint density at radius 3 is 2.47 bits per heavy atom. The maximum atomic E-state index is 13.3. The Kier molecular flexibility index (Phi) is 6.17. The molecule has 1 aliphatic rings. The predicted octanol–water partition coefficient (Wildman–Crippen LogP) is 4.20. The number of alkyl halides is 3. The van der Waals surface area contributed by atoms with Gasteiger partial charge in [0.15, 0.2) is 11.3 Å². The highest BCUT2D eigenvalue weighted by Gasteiger charge is 2.35. The number of imidazole rings is 1. The van der Waals surface area contributed by atoms with Crippen LogP contribution in [0.15, 0.2) is 36.5 Å². The van der Waals surface area contributed by atoms with Crippen LogP contribution < -0.4 is 10.6 Å². The van der Waals surface area contributed by atoms with E-state index in [-0.39, 0.29) is 29.9 Å². The maximum Gasteiger partial charge on any atom is 0.435 e. The fourth-order valence-corrected chi connectivity index (χ4v) is 4.15. The molecule has 1 fully saturated rings. The fourth-order valence-electron chi connectivity index (χ4n) is 4.15. The van der Waals surface area contributed by atoms with Gasteiger partial charge in [-0.1, -0.05) is 6.07 Å². The molecule has 0 saturated heterocycles. The standard InChI is InChI=1S/C26H28F3N7O2/c1-14-9-15(5-8-17(14)24(37)32-16-6-7-16)21-12-30-23-19(31-13-25(2,3)38)10-18(33-36(21)23)20-11-22(26(27,28)29)34-35(20)4/h5,8-12,16,31,38H,6-7,13H2,1-4H3,(H,32,37). The van der Waals surface area contributed by atoms with Crippen molar-refractivity contribution >= 4 is 17.2 Å². The largest absolute Gasteiger partial charge is 0.435 e. The predicted molar refractivity (Wildman–Crippen MR) is 136 cm³/mol. The molecule has 0 spiro atoms. The number of rotatable bonds is 7. The van der Waals surface area contributed by atoms with Gasteiger partial charge in [0.2, 0.25) is 0 Å². The molecule has 9 nitrogen and oxygen atoms in total. The molecule has 38 heavy (non-hydrogen) atoms. The van der Waals surface area contributed by atoms with E-state index in [0.717, 1.165) is 34.7 Å². The zero-order valence-electron chi connectivity index (χ0n) is 21.4. The summed E-state index contributed by atoms with van der Waals surface area (Å²) >= 11 is 0. The number of anilines is 1. The Bertz CT molecular complexity index is 1530. The molecule has 12 heteroatoms. The van der Waals surface area contributed by atoms with Crippen molar-refractivity contribution in [1.82, 2.24) is 29.7 Å². The summed E-state index contributed by atoms with van der Waals surface area (Å²) in [6.45, 7) is 5.28. The Morgan fingerprint density at radius 2 is 1.87 bits per heavy atom. The highest BCUT2D eigenvalue weighted by Crippen LogP contribution is 2.33. The summed E-state index contributed by atoms with van der Waals surface area (Å²) < 4.78 is 42.7. The first-order chi connectivity index (χ1) is 17.8. The quantitative estimate of drug-likeness (QED) is 0.333. The second-order valence-corrected chi connectivity index (χ2v) is 10.3. The smallest absolute Gasteiger partial charge is 0.389 e. The van der Waals surface area contributed by atoms with E-state index in [2.05, 4.69) is 25.8 Å². The summed E-state index contributed by atoms with van der Waals surface area (Å²) in [5, 5.41) is 24.6. The van der Waals surface area contributed by atoms with E-state index in [1.165, 1.54) is 7.05 Å². The van der Waals surface area contributed by atoms with E-state index >= 15 is 0 Å². The van der Waals surface area contributed by atoms with E-state index in [4.69, 9.17) is 0 Å². The second-order valence-electron chi connectivity index (χ2n) is 10.3. The van der Waals surface area contributed by atoms with Crippen molar-refractivity contribution in [3.63, 3.8) is 0 Å². The van der Waals surface area contributed by atoms with Gasteiger partial charge in [-0.25, -0.2) is 9.50 Å². The number of halogens is 3. The van der Waals surface area contributed by atoms with Crippen LogP contribution in [-0.4, -0.2) is 53.6 Å². The van der Waals surface area contributed by atoms with Crippen LogP contribution in [0, 0.1) is 6.92 Å². The summed E-state index contributed by atoms with van der Waals surface area (Å²) in [4.78, 5) is 17.1. The third-order valence-corrected chi connectivity index (χ3v) is 6.29. The van der Waals surface area contributed by atoms with E-state index in [9.17, 15) is 23.1 Å². The first-order valence-corrected chi connectivity index (χ1v) is 12.2. The van der Waals surface area contributed by atoms with Crippen molar-refractivity contribution in [2.45, 2.75) is 51.4 Å². The number of aliphatic hydroxyl groups is 1. The first kappa shape index (κ1) is 25.7. The van der Waals surface area contributed by atoms with E-state index in [0.29, 0.717) is 22.6 Å². The molecule has 5 rings (SSSR count). The average molecular weight is 528 g/mol. The molecule has 1 aliphatic carbocycles. The number of benzene rings is 1. The Balaban J connectivity index is 1.61. The zero-order chi connectivity index (χ0) is 27.4. The van der Waals surface area contributed by atoms with Gasteiger partial charge in [0.1, 0.15) is 5.69 Å². The third-order valence-electron chi connectivity index (χ3n) is 6.29. The number of hydrogen-bond acceptors (Lipinski definition) is 6. The molecular weight excluding hydrogens is 499 g/mol. The number of nitrogens with zero attached hydrogens (tertiary/aromatic N) is 5. The fraction of sp³-hybridized carbons (Fsp3) is 0.385. The summed E-state index contributed by atoms with van der Waals surface area (Å²) in [6, 6.07) is 8.17. The Hall–Kier alpha value is -3.93. The number of carbonyl (C=O) groups is 1. The van der Waals surface area contributed by atoms with Gasteiger partial charge in [0.25, 0.3) is 5.91 Å². The molecule has 3 heterocycles. The lowest BCUT2D eigenvalue weighted by Crippen LogP contribution is -2.29.